The minimum absolute atomic E-state index is 0.331. The Balaban J connectivity index is 3.33. The van der Waals surface area contributed by atoms with E-state index in [0.717, 1.165) is 12.1 Å². The van der Waals surface area contributed by atoms with Crippen molar-refractivity contribution < 1.29 is 17.3 Å². The Morgan fingerprint density at radius 1 is 1.38 bits per heavy atom. The molecule has 0 aromatic heterocycles. The SMILES string of the molecule is O=S(=O)(F)c1cc(Br)cc(BO)c1. The standard InChI is InChI=1S/C6H5BBrFO3S/c8-5-1-4(7-10)2-6(3-5)13(9,11)12/h1-3,7,10H. The van der Waals surface area contributed by atoms with Crippen molar-refractivity contribution in [2.75, 3.05) is 0 Å². The summed E-state index contributed by atoms with van der Waals surface area (Å²) in [7, 11) is -5.03. The largest absolute Gasteiger partial charge is 0.449 e. The fourth-order valence-corrected chi connectivity index (χ4v) is 2.10. The maximum absolute atomic E-state index is 12.5. The zero-order chi connectivity index (χ0) is 10.1. The van der Waals surface area contributed by atoms with E-state index in [1.165, 1.54) is 6.07 Å². The smallest absolute Gasteiger partial charge is 0.332 e. The summed E-state index contributed by atoms with van der Waals surface area (Å²) in [4.78, 5) is -0.453. The van der Waals surface area contributed by atoms with Gasteiger partial charge in [0.05, 0.1) is 4.90 Å². The summed E-state index contributed by atoms with van der Waals surface area (Å²) in [5, 5.41) is 8.71. The molecule has 0 aliphatic heterocycles. The van der Waals surface area contributed by atoms with Crippen LogP contribution in [0.2, 0.25) is 0 Å². The minimum Gasteiger partial charge on any atom is -0.449 e. The quantitative estimate of drug-likeness (QED) is 0.609. The molecule has 0 saturated carbocycles. The van der Waals surface area contributed by atoms with Crippen LogP contribution in [0.4, 0.5) is 3.89 Å². The molecule has 0 saturated heterocycles. The van der Waals surface area contributed by atoms with Crippen LogP contribution in [0, 0.1) is 0 Å². The number of halogens is 2. The monoisotopic (exact) mass is 266 g/mol. The first-order valence-electron chi connectivity index (χ1n) is 3.28. The van der Waals surface area contributed by atoms with Crippen molar-refractivity contribution in [2.24, 2.45) is 0 Å². The third-order valence-electron chi connectivity index (χ3n) is 1.40. The van der Waals surface area contributed by atoms with Gasteiger partial charge >= 0.3 is 17.7 Å². The lowest BCUT2D eigenvalue weighted by molar-refractivity contribution is 0.552. The van der Waals surface area contributed by atoms with E-state index in [1.54, 1.807) is 0 Å². The topological polar surface area (TPSA) is 54.4 Å². The van der Waals surface area contributed by atoms with Crippen LogP contribution in [0.25, 0.3) is 0 Å². The Labute approximate surface area is 84.2 Å². The molecular formula is C6H5BBrFO3S. The third kappa shape index (κ3) is 2.79. The van der Waals surface area contributed by atoms with Crippen molar-refractivity contribution in [1.29, 1.82) is 0 Å². The summed E-state index contributed by atoms with van der Waals surface area (Å²) in [5.74, 6) is 0. The zero-order valence-corrected chi connectivity index (χ0v) is 8.77. The minimum atomic E-state index is -4.70. The molecule has 0 spiro atoms. The van der Waals surface area contributed by atoms with E-state index in [9.17, 15) is 12.3 Å². The molecule has 1 aromatic carbocycles. The van der Waals surface area contributed by atoms with Crippen LogP contribution in [-0.4, -0.2) is 20.9 Å². The molecule has 7 heteroatoms. The predicted molar refractivity (Wildman–Crippen MR) is 51.4 cm³/mol. The normalized spacial score (nSPS) is 11.3. The van der Waals surface area contributed by atoms with E-state index in [0.29, 0.717) is 9.94 Å². The second-order valence-electron chi connectivity index (χ2n) is 2.39. The lowest BCUT2D eigenvalue weighted by Crippen LogP contribution is -2.14. The van der Waals surface area contributed by atoms with Crippen LogP contribution in [0.3, 0.4) is 0 Å². The number of hydrogen-bond acceptors (Lipinski definition) is 3. The van der Waals surface area contributed by atoms with Gasteiger partial charge in [-0.15, -0.1) is 3.89 Å². The van der Waals surface area contributed by atoms with E-state index in [1.807, 2.05) is 0 Å². The van der Waals surface area contributed by atoms with Crippen molar-refractivity contribution in [1.82, 2.24) is 0 Å². The molecular weight excluding hydrogens is 262 g/mol. The Hall–Kier alpha value is -0.395. The van der Waals surface area contributed by atoms with Gasteiger partial charge in [0.2, 0.25) is 0 Å². The van der Waals surface area contributed by atoms with Gasteiger partial charge in [-0.3, -0.25) is 0 Å². The van der Waals surface area contributed by atoms with Crippen LogP contribution >= 0.6 is 15.9 Å². The first-order valence-corrected chi connectivity index (χ1v) is 5.46. The molecule has 0 unspecified atom stereocenters. The van der Waals surface area contributed by atoms with Gasteiger partial charge in [0.1, 0.15) is 0 Å². The lowest BCUT2D eigenvalue weighted by Gasteiger charge is -1.99. The van der Waals surface area contributed by atoms with Gasteiger partial charge in [-0.05, 0) is 12.1 Å². The summed E-state index contributed by atoms with van der Waals surface area (Å²) < 4.78 is 33.9. The predicted octanol–water partition coefficient (Wildman–Crippen LogP) is 0.0764. The molecule has 0 atom stereocenters. The van der Waals surface area contributed by atoms with Gasteiger partial charge in [-0.1, -0.05) is 27.5 Å². The first kappa shape index (κ1) is 10.7. The van der Waals surface area contributed by atoms with Gasteiger partial charge in [-0.2, -0.15) is 8.42 Å². The molecule has 0 amide bonds. The molecule has 1 rings (SSSR count). The summed E-state index contributed by atoms with van der Waals surface area (Å²) in [6, 6.07) is 3.73. The molecule has 70 valence electrons. The molecule has 0 heterocycles. The molecule has 1 N–H and O–H groups in total. The van der Waals surface area contributed by atoms with Gasteiger partial charge in [0.25, 0.3) is 0 Å². The van der Waals surface area contributed by atoms with Crippen LogP contribution in [0.1, 0.15) is 0 Å². The molecule has 1 aromatic rings. The molecule has 13 heavy (non-hydrogen) atoms. The molecule has 0 aliphatic rings. The number of benzene rings is 1. The highest BCUT2D eigenvalue weighted by molar-refractivity contribution is 9.10. The van der Waals surface area contributed by atoms with Crippen molar-refractivity contribution in [3.63, 3.8) is 0 Å². The fourth-order valence-electron chi connectivity index (χ4n) is 0.853. The Morgan fingerprint density at radius 3 is 2.46 bits per heavy atom. The second-order valence-corrected chi connectivity index (χ2v) is 4.65. The van der Waals surface area contributed by atoms with Crippen molar-refractivity contribution >= 4 is 39.1 Å². The van der Waals surface area contributed by atoms with Crippen molar-refractivity contribution in [3.05, 3.63) is 22.7 Å². The van der Waals surface area contributed by atoms with Crippen molar-refractivity contribution in [3.8, 4) is 0 Å². The first-order chi connectivity index (χ1) is 5.93. The average molecular weight is 267 g/mol. The van der Waals surface area contributed by atoms with Gasteiger partial charge < -0.3 is 5.02 Å². The van der Waals surface area contributed by atoms with Gasteiger partial charge in [-0.25, -0.2) is 0 Å². The molecule has 0 fully saturated rings. The molecule has 3 nitrogen and oxygen atoms in total. The third-order valence-corrected chi connectivity index (χ3v) is 2.65. The highest BCUT2D eigenvalue weighted by atomic mass is 79.9. The van der Waals surface area contributed by atoms with Crippen molar-refractivity contribution in [2.45, 2.75) is 4.90 Å². The van der Waals surface area contributed by atoms with Crippen LogP contribution in [0.15, 0.2) is 27.6 Å². The van der Waals surface area contributed by atoms with E-state index in [2.05, 4.69) is 15.9 Å². The van der Waals surface area contributed by atoms with Crippen LogP contribution in [0.5, 0.6) is 0 Å². The maximum Gasteiger partial charge on any atom is 0.332 e. The van der Waals surface area contributed by atoms with Gasteiger partial charge in [0, 0.05) is 4.47 Å². The lowest BCUT2D eigenvalue weighted by atomic mass is 9.89. The molecule has 0 bridgehead atoms. The molecule has 0 aliphatic carbocycles. The highest BCUT2D eigenvalue weighted by Gasteiger charge is 2.13. The second kappa shape index (κ2) is 3.77. The van der Waals surface area contributed by atoms with E-state index in [4.69, 9.17) is 5.02 Å². The van der Waals surface area contributed by atoms with E-state index >= 15 is 0 Å². The maximum atomic E-state index is 12.5. The Bertz CT molecular complexity index is 420. The molecule has 0 radical (unpaired) electrons. The Morgan fingerprint density at radius 2 is 2.00 bits per heavy atom. The zero-order valence-electron chi connectivity index (χ0n) is 6.37. The summed E-state index contributed by atoms with van der Waals surface area (Å²) in [6.45, 7) is 0. The van der Waals surface area contributed by atoms with Gasteiger partial charge in [0.15, 0.2) is 0 Å². The summed E-state index contributed by atoms with van der Waals surface area (Å²) >= 11 is 3.00. The fraction of sp³-hybridized carbons (Fsp3) is 0. The highest BCUT2D eigenvalue weighted by Crippen LogP contribution is 2.16. The van der Waals surface area contributed by atoms with Crippen LogP contribution in [-0.2, 0) is 10.2 Å². The van der Waals surface area contributed by atoms with E-state index < -0.39 is 15.1 Å². The average Bonchev–Trinajstić information content (AvgIpc) is 2.01. The Kier molecular flexibility index (Phi) is 3.10. The summed E-state index contributed by atoms with van der Waals surface area (Å²) in [6.07, 6.45) is 0. The van der Waals surface area contributed by atoms with Crippen LogP contribution < -0.4 is 5.46 Å². The summed E-state index contributed by atoms with van der Waals surface area (Å²) in [5.41, 5.74) is 0.339. The number of rotatable bonds is 2. The number of hydrogen-bond donors (Lipinski definition) is 1. The van der Waals surface area contributed by atoms with E-state index in [-0.39, 0.29) is 7.48 Å².